The van der Waals surface area contributed by atoms with E-state index >= 15 is 0 Å². The Kier molecular flexibility index (Phi) is 2.80. The van der Waals surface area contributed by atoms with E-state index in [0.717, 1.165) is 28.0 Å². The van der Waals surface area contributed by atoms with Crippen molar-refractivity contribution < 1.29 is 4.42 Å². The highest BCUT2D eigenvalue weighted by Crippen LogP contribution is 2.39. The third kappa shape index (κ3) is 1.84. The van der Waals surface area contributed by atoms with Gasteiger partial charge in [0.15, 0.2) is 0 Å². The van der Waals surface area contributed by atoms with Gasteiger partial charge in [0, 0.05) is 22.5 Å². The second-order valence-corrected chi connectivity index (χ2v) is 5.91. The van der Waals surface area contributed by atoms with Gasteiger partial charge < -0.3 is 4.42 Å². The van der Waals surface area contributed by atoms with Crippen LogP contribution in [-0.4, -0.2) is 4.98 Å². The zero-order valence-corrected chi connectivity index (χ0v) is 13.0. The number of hydrogen-bond donors (Lipinski definition) is 0. The second-order valence-electron chi connectivity index (χ2n) is 5.91. The fourth-order valence-electron chi connectivity index (χ4n) is 3.20. The number of fused-ring (bicyclic) bond motifs is 3. The molecule has 4 rings (SSSR count). The van der Waals surface area contributed by atoms with Crippen molar-refractivity contribution in [1.29, 1.82) is 0 Å². The van der Waals surface area contributed by atoms with Gasteiger partial charge in [-0.15, -0.1) is 0 Å². The molecular formula is C20H17NO. The molecule has 0 bridgehead atoms. The molecule has 0 aliphatic carbocycles. The molecule has 2 nitrogen and oxygen atoms in total. The lowest BCUT2D eigenvalue weighted by atomic mass is 9.97. The predicted molar refractivity (Wildman–Crippen MR) is 91.2 cm³/mol. The van der Waals surface area contributed by atoms with Gasteiger partial charge in [-0.05, 0) is 49.6 Å². The maximum atomic E-state index is 6.19. The summed E-state index contributed by atoms with van der Waals surface area (Å²) in [4.78, 5) is 4.60. The Bertz CT molecular complexity index is 994. The molecule has 0 aliphatic heterocycles. The van der Waals surface area contributed by atoms with Crippen LogP contribution >= 0.6 is 0 Å². The first-order chi connectivity index (χ1) is 10.6. The maximum Gasteiger partial charge on any atom is 0.145 e. The van der Waals surface area contributed by atoms with Crippen molar-refractivity contribution in [2.75, 3.05) is 0 Å². The monoisotopic (exact) mass is 287 g/mol. The van der Waals surface area contributed by atoms with E-state index in [1.807, 2.05) is 18.3 Å². The molecule has 2 aromatic heterocycles. The van der Waals surface area contributed by atoms with Gasteiger partial charge in [0.1, 0.15) is 11.2 Å². The number of pyridine rings is 1. The summed E-state index contributed by atoms with van der Waals surface area (Å²) in [7, 11) is 0. The highest BCUT2D eigenvalue weighted by molar-refractivity contribution is 6.11. The summed E-state index contributed by atoms with van der Waals surface area (Å²) in [6, 6.07) is 14.6. The molecule has 2 heteroatoms. The molecule has 0 unspecified atom stereocenters. The van der Waals surface area contributed by atoms with Crippen molar-refractivity contribution in [3.8, 4) is 11.3 Å². The zero-order chi connectivity index (χ0) is 15.3. The molecule has 0 atom stereocenters. The molecule has 0 saturated heterocycles. The summed E-state index contributed by atoms with van der Waals surface area (Å²) in [6.07, 6.45) is 1.91. The summed E-state index contributed by atoms with van der Waals surface area (Å²) in [5, 5.41) is 2.36. The van der Waals surface area contributed by atoms with Gasteiger partial charge in [0.2, 0.25) is 0 Å². The summed E-state index contributed by atoms with van der Waals surface area (Å²) in [6.45, 7) is 6.32. The van der Waals surface area contributed by atoms with Crippen LogP contribution in [0.5, 0.6) is 0 Å². The summed E-state index contributed by atoms with van der Waals surface area (Å²) in [5.74, 6) is 0. The molecule has 0 aliphatic rings. The fraction of sp³-hybridized carbons (Fsp3) is 0.150. The Morgan fingerprint density at radius 1 is 0.909 bits per heavy atom. The molecule has 0 amide bonds. The lowest BCUT2D eigenvalue weighted by Crippen LogP contribution is -1.90. The number of para-hydroxylation sites is 1. The Morgan fingerprint density at radius 2 is 1.73 bits per heavy atom. The van der Waals surface area contributed by atoms with Crippen molar-refractivity contribution in [3.63, 3.8) is 0 Å². The number of hydrogen-bond acceptors (Lipinski definition) is 2. The van der Waals surface area contributed by atoms with E-state index in [1.54, 1.807) is 0 Å². The Balaban J connectivity index is 2.16. The van der Waals surface area contributed by atoms with Crippen molar-refractivity contribution in [2.24, 2.45) is 0 Å². The normalized spacial score (nSPS) is 11.4. The zero-order valence-electron chi connectivity index (χ0n) is 13.0. The van der Waals surface area contributed by atoms with Crippen molar-refractivity contribution in [2.45, 2.75) is 20.8 Å². The summed E-state index contributed by atoms with van der Waals surface area (Å²) < 4.78 is 6.19. The van der Waals surface area contributed by atoms with Crippen LogP contribution in [0.3, 0.4) is 0 Å². The number of rotatable bonds is 1. The molecule has 22 heavy (non-hydrogen) atoms. The van der Waals surface area contributed by atoms with Gasteiger partial charge >= 0.3 is 0 Å². The van der Waals surface area contributed by atoms with Crippen LogP contribution in [0.15, 0.2) is 53.1 Å². The number of benzene rings is 2. The molecule has 0 radical (unpaired) electrons. The molecule has 2 aromatic carbocycles. The minimum absolute atomic E-state index is 0.930. The van der Waals surface area contributed by atoms with Gasteiger partial charge in [-0.1, -0.05) is 30.3 Å². The summed E-state index contributed by atoms with van der Waals surface area (Å²) >= 11 is 0. The molecule has 0 N–H and O–H groups in total. The number of aromatic nitrogens is 1. The topological polar surface area (TPSA) is 26.0 Å². The first-order valence-corrected chi connectivity index (χ1v) is 7.49. The van der Waals surface area contributed by atoms with E-state index < -0.39 is 0 Å². The highest BCUT2D eigenvalue weighted by Gasteiger charge is 2.17. The van der Waals surface area contributed by atoms with Crippen molar-refractivity contribution >= 4 is 21.9 Å². The van der Waals surface area contributed by atoms with E-state index in [2.05, 4.69) is 56.1 Å². The molecule has 0 fully saturated rings. The van der Waals surface area contributed by atoms with Gasteiger partial charge in [-0.3, -0.25) is 4.98 Å². The van der Waals surface area contributed by atoms with Gasteiger partial charge in [0.25, 0.3) is 0 Å². The number of nitrogens with zero attached hydrogens (tertiary/aromatic N) is 1. The van der Waals surface area contributed by atoms with Crippen LogP contribution in [0, 0.1) is 20.8 Å². The minimum atomic E-state index is 0.930. The second kappa shape index (κ2) is 4.70. The average molecular weight is 287 g/mol. The van der Waals surface area contributed by atoms with Crippen LogP contribution in [-0.2, 0) is 0 Å². The lowest BCUT2D eigenvalue weighted by Gasteiger charge is -2.08. The van der Waals surface area contributed by atoms with Crippen LogP contribution < -0.4 is 0 Å². The van der Waals surface area contributed by atoms with Crippen molar-refractivity contribution in [1.82, 2.24) is 4.98 Å². The van der Waals surface area contributed by atoms with Gasteiger partial charge in [-0.2, -0.15) is 0 Å². The van der Waals surface area contributed by atoms with Crippen LogP contribution in [0.2, 0.25) is 0 Å². The average Bonchev–Trinajstić information content (AvgIpc) is 2.88. The molecule has 0 saturated carbocycles. The largest absolute Gasteiger partial charge is 0.455 e. The standard InChI is InChI=1S/C20H17NO/c1-12-8-9-16(21-11-12)19-14(3)10-13(2)18-15-6-4-5-7-17(15)22-20(18)19/h4-11H,1-3H3. The van der Waals surface area contributed by atoms with Crippen molar-refractivity contribution in [3.05, 3.63) is 65.4 Å². The SMILES string of the molecule is Cc1ccc(-c2c(C)cc(C)c3c2oc2ccccc23)nc1. The van der Waals surface area contributed by atoms with E-state index in [-0.39, 0.29) is 0 Å². The van der Waals surface area contributed by atoms with Crippen LogP contribution in [0.25, 0.3) is 33.2 Å². The van der Waals surface area contributed by atoms with Gasteiger partial charge in [0.05, 0.1) is 5.69 Å². The Labute approximate surface area is 129 Å². The smallest absolute Gasteiger partial charge is 0.145 e. The van der Waals surface area contributed by atoms with Crippen LogP contribution in [0.1, 0.15) is 16.7 Å². The summed E-state index contributed by atoms with van der Waals surface area (Å²) in [5.41, 5.74) is 7.53. The maximum absolute atomic E-state index is 6.19. The molecule has 2 heterocycles. The third-order valence-electron chi connectivity index (χ3n) is 4.21. The molecule has 4 aromatic rings. The molecule has 108 valence electrons. The molecule has 0 spiro atoms. The first kappa shape index (κ1) is 13.1. The lowest BCUT2D eigenvalue weighted by molar-refractivity contribution is 0.669. The minimum Gasteiger partial charge on any atom is -0.455 e. The van der Waals surface area contributed by atoms with E-state index in [4.69, 9.17) is 4.42 Å². The van der Waals surface area contributed by atoms with E-state index in [0.29, 0.717) is 0 Å². The predicted octanol–water partition coefficient (Wildman–Crippen LogP) is 5.57. The Hall–Kier alpha value is -2.61. The fourth-order valence-corrected chi connectivity index (χ4v) is 3.20. The first-order valence-electron chi connectivity index (χ1n) is 7.49. The van der Waals surface area contributed by atoms with Crippen LogP contribution in [0.4, 0.5) is 0 Å². The number of aryl methyl sites for hydroxylation is 3. The number of furan rings is 1. The van der Waals surface area contributed by atoms with E-state index in [9.17, 15) is 0 Å². The van der Waals surface area contributed by atoms with E-state index in [1.165, 1.54) is 21.9 Å². The third-order valence-corrected chi connectivity index (χ3v) is 4.21. The highest BCUT2D eigenvalue weighted by atomic mass is 16.3. The quantitative estimate of drug-likeness (QED) is 0.457. The molecular weight excluding hydrogens is 270 g/mol. The van der Waals surface area contributed by atoms with Gasteiger partial charge in [-0.25, -0.2) is 0 Å². The Morgan fingerprint density at radius 3 is 2.50 bits per heavy atom.